The van der Waals surface area contributed by atoms with Crippen LogP contribution in [0.15, 0.2) is 0 Å². The van der Waals surface area contributed by atoms with Crippen molar-refractivity contribution in [3.8, 4) is 0 Å². The van der Waals surface area contributed by atoms with Crippen molar-refractivity contribution >= 4 is 11.8 Å². The summed E-state index contributed by atoms with van der Waals surface area (Å²) >= 11 is 0. The lowest BCUT2D eigenvalue weighted by Gasteiger charge is -2.23. The Labute approximate surface area is 97.4 Å². The zero-order valence-electron chi connectivity index (χ0n) is 10.5. The van der Waals surface area contributed by atoms with E-state index in [1.807, 2.05) is 13.8 Å². The van der Waals surface area contributed by atoms with Crippen LogP contribution in [0.25, 0.3) is 0 Å². The zero-order chi connectivity index (χ0) is 12.1. The third-order valence-electron chi connectivity index (χ3n) is 3.00. The van der Waals surface area contributed by atoms with Gasteiger partial charge in [0.05, 0.1) is 0 Å². The molecule has 2 unspecified atom stereocenters. The molecule has 16 heavy (non-hydrogen) atoms. The zero-order valence-corrected chi connectivity index (χ0v) is 10.5. The van der Waals surface area contributed by atoms with Gasteiger partial charge in [0.25, 0.3) is 0 Å². The SMILES string of the molecule is CCCC(CN1C(=O)CC(C)C1=O)NCC. The average Bonchev–Trinajstić information content (AvgIpc) is 2.46. The van der Waals surface area contributed by atoms with Gasteiger partial charge in [0.1, 0.15) is 0 Å². The van der Waals surface area contributed by atoms with E-state index >= 15 is 0 Å². The van der Waals surface area contributed by atoms with Crippen molar-refractivity contribution < 1.29 is 9.59 Å². The summed E-state index contributed by atoms with van der Waals surface area (Å²) in [6, 6.07) is 0.244. The second-order valence-electron chi connectivity index (χ2n) is 4.49. The maximum Gasteiger partial charge on any atom is 0.232 e. The van der Waals surface area contributed by atoms with Gasteiger partial charge in [-0.3, -0.25) is 14.5 Å². The highest BCUT2D eigenvalue weighted by Gasteiger charge is 2.36. The van der Waals surface area contributed by atoms with Gasteiger partial charge in [-0.25, -0.2) is 0 Å². The molecule has 0 aromatic heterocycles. The third kappa shape index (κ3) is 3.04. The molecule has 0 aliphatic carbocycles. The van der Waals surface area contributed by atoms with Crippen LogP contribution in [0.1, 0.15) is 40.0 Å². The molecule has 1 N–H and O–H groups in total. The van der Waals surface area contributed by atoms with Crippen LogP contribution in [0.4, 0.5) is 0 Å². The van der Waals surface area contributed by atoms with Gasteiger partial charge < -0.3 is 5.32 Å². The van der Waals surface area contributed by atoms with Gasteiger partial charge in [0.15, 0.2) is 0 Å². The Morgan fingerprint density at radius 3 is 2.56 bits per heavy atom. The summed E-state index contributed by atoms with van der Waals surface area (Å²) in [7, 11) is 0. The van der Waals surface area contributed by atoms with Crippen LogP contribution in [0, 0.1) is 5.92 Å². The third-order valence-corrected chi connectivity index (χ3v) is 3.00. The van der Waals surface area contributed by atoms with Gasteiger partial charge in [0.2, 0.25) is 11.8 Å². The van der Waals surface area contributed by atoms with Gasteiger partial charge >= 0.3 is 0 Å². The number of nitrogens with one attached hydrogen (secondary N) is 1. The highest BCUT2D eigenvalue weighted by molar-refractivity contribution is 6.03. The van der Waals surface area contributed by atoms with E-state index < -0.39 is 0 Å². The summed E-state index contributed by atoms with van der Waals surface area (Å²) in [5.41, 5.74) is 0. The number of amides is 2. The highest BCUT2D eigenvalue weighted by atomic mass is 16.2. The Balaban J connectivity index is 2.56. The summed E-state index contributed by atoms with van der Waals surface area (Å²) in [6.07, 6.45) is 2.44. The molecular weight excluding hydrogens is 204 g/mol. The van der Waals surface area contributed by atoms with Crippen LogP contribution >= 0.6 is 0 Å². The van der Waals surface area contributed by atoms with E-state index in [-0.39, 0.29) is 23.8 Å². The Kier molecular flexibility index (Phi) is 4.93. The van der Waals surface area contributed by atoms with Crippen molar-refractivity contribution in [1.29, 1.82) is 0 Å². The van der Waals surface area contributed by atoms with E-state index in [2.05, 4.69) is 12.2 Å². The number of likely N-dealkylation sites (N-methyl/N-ethyl adjacent to an activating group) is 1. The number of carbonyl (C=O) groups is 2. The van der Waals surface area contributed by atoms with Crippen molar-refractivity contribution in [1.82, 2.24) is 10.2 Å². The molecule has 4 heteroatoms. The minimum atomic E-state index is -0.128. The summed E-state index contributed by atoms with van der Waals surface area (Å²) in [5.74, 6) is -0.156. The Hall–Kier alpha value is -0.900. The average molecular weight is 226 g/mol. The number of rotatable bonds is 6. The Morgan fingerprint density at radius 2 is 2.12 bits per heavy atom. The monoisotopic (exact) mass is 226 g/mol. The van der Waals surface area contributed by atoms with E-state index in [4.69, 9.17) is 0 Å². The maximum atomic E-state index is 11.7. The number of imide groups is 1. The highest BCUT2D eigenvalue weighted by Crippen LogP contribution is 2.19. The number of hydrogen-bond donors (Lipinski definition) is 1. The minimum Gasteiger partial charge on any atom is -0.312 e. The van der Waals surface area contributed by atoms with Gasteiger partial charge in [-0.2, -0.15) is 0 Å². The van der Waals surface area contributed by atoms with Gasteiger partial charge in [-0.05, 0) is 13.0 Å². The molecule has 1 fully saturated rings. The maximum absolute atomic E-state index is 11.7. The lowest BCUT2D eigenvalue weighted by atomic mass is 10.1. The molecule has 0 spiro atoms. The number of hydrogen-bond acceptors (Lipinski definition) is 3. The molecule has 92 valence electrons. The standard InChI is InChI=1S/C12H22N2O2/c1-4-6-10(13-5-2)8-14-11(15)7-9(3)12(14)16/h9-10,13H,4-8H2,1-3H3. The largest absolute Gasteiger partial charge is 0.312 e. The fraction of sp³-hybridized carbons (Fsp3) is 0.833. The van der Waals surface area contributed by atoms with Crippen LogP contribution in [0.2, 0.25) is 0 Å². The molecule has 4 nitrogen and oxygen atoms in total. The Bertz CT molecular complexity index is 260. The quantitative estimate of drug-likeness (QED) is 0.691. The smallest absolute Gasteiger partial charge is 0.232 e. The first-order valence-corrected chi connectivity index (χ1v) is 6.17. The first-order valence-electron chi connectivity index (χ1n) is 6.17. The first-order chi connectivity index (χ1) is 7.60. The molecule has 0 saturated carbocycles. The van der Waals surface area contributed by atoms with Crippen molar-refractivity contribution in [2.45, 2.75) is 46.1 Å². The fourth-order valence-electron chi connectivity index (χ4n) is 2.16. The van der Waals surface area contributed by atoms with Crippen LogP contribution in [-0.4, -0.2) is 35.8 Å². The van der Waals surface area contributed by atoms with Crippen LogP contribution in [0.5, 0.6) is 0 Å². The van der Waals surface area contributed by atoms with E-state index in [1.165, 1.54) is 4.90 Å². The van der Waals surface area contributed by atoms with Gasteiger partial charge in [-0.15, -0.1) is 0 Å². The molecule has 0 aromatic rings. The molecule has 2 atom stereocenters. The molecule has 1 saturated heterocycles. The van der Waals surface area contributed by atoms with Gasteiger partial charge in [-0.1, -0.05) is 27.2 Å². The lowest BCUT2D eigenvalue weighted by Crippen LogP contribution is -2.43. The van der Waals surface area contributed by atoms with E-state index in [1.54, 1.807) is 0 Å². The summed E-state index contributed by atoms with van der Waals surface area (Å²) < 4.78 is 0. The second kappa shape index (κ2) is 5.99. The van der Waals surface area contributed by atoms with Crippen LogP contribution in [0.3, 0.4) is 0 Å². The molecule has 0 bridgehead atoms. The summed E-state index contributed by atoms with van der Waals surface area (Å²) in [6.45, 7) is 7.38. The fourth-order valence-corrected chi connectivity index (χ4v) is 2.16. The number of likely N-dealkylation sites (tertiary alicyclic amines) is 1. The minimum absolute atomic E-state index is 0.0102. The predicted octanol–water partition coefficient (Wildman–Crippen LogP) is 1.16. The molecular formula is C12H22N2O2. The molecule has 1 heterocycles. The van der Waals surface area contributed by atoms with Crippen LogP contribution in [-0.2, 0) is 9.59 Å². The summed E-state index contributed by atoms with van der Waals surface area (Å²) in [4.78, 5) is 24.8. The first kappa shape index (κ1) is 13.2. The number of nitrogens with zero attached hydrogens (tertiary/aromatic N) is 1. The second-order valence-corrected chi connectivity index (χ2v) is 4.49. The molecule has 1 aliphatic heterocycles. The lowest BCUT2D eigenvalue weighted by molar-refractivity contribution is -0.139. The normalized spacial score (nSPS) is 22.9. The number of carbonyl (C=O) groups excluding carboxylic acids is 2. The van der Waals surface area contributed by atoms with E-state index in [9.17, 15) is 9.59 Å². The van der Waals surface area contributed by atoms with Crippen molar-refractivity contribution in [2.75, 3.05) is 13.1 Å². The molecule has 0 aromatic carbocycles. The summed E-state index contributed by atoms with van der Waals surface area (Å²) in [5, 5.41) is 3.32. The molecule has 1 aliphatic rings. The van der Waals surface area contributed by atoms with Crippen molar-refractivity contribution in [3.63, 3.8) is 0 Å². The van der Waals surface area contributed by atoms with Crippen molar-refractivity contribution in [2.24, 2.45) is 5.92 Å². The van der Waals surface area contributed by atoms with E-state index in [0.29, 0.717) is 13.0 Å². The molecule has 0 radical (unpaired) electrons. The van der Waals surface area contributed by atoms with Gasteiger partial charge in [0, 0.05) is 24.9 Å². The molecule has 2 amide bonds. The van der Waals surface area contributed by atoms with E-state index in [0.717, 1.165) is 19.4 Å². The van der Waals surface area contributed by atoms with Crippen molar-refractivity contribution in [3.05, 3.63) is 0 Å². The topological polar surface area (TPSA) is 49.4 Å². The van der Waals surface area contributed by atoms with Crippen LogP contribution < -0.4 is 5.32 Å². The molecule has 1 rings (SSSR count). The predicted molar refractivity (Wildman–Crippen MR) is 62.9 cm³/mol. The Morgan fingerprint density at radius 1 is 1.44 bits per heavy atom.